The highest BCUT2D eigenvalue weighted by molar-refractivity contribution is 4.94. The van der Waals surface area contributed by atoms with Crippen LogP contribution in [-0.2, 0) is 11.8 Å². The van der Waals surface area contributed by atoms with E-state index in [0.717, 1.165) is 5.82 Å². The predicted octanol–water partition coefficient (Wildman–Crippen LogP) is 2.31. The van der Waals surface area contributed by atoms with Crippen LogP contribution in [0.3, 0.4) is 0 Å². The highest BCUT2D eigenvalue weighted by Gasteiger charge is 2.06. The molecular weight excluding hydrogens is 197 g/mol. The van der Waals surface area contributed by atoms with Crippen LogP contribution >= 0.6 is 0 Å². The van der Waals surface area contributed by atoms with Gasteiger partial charge in [0.05, 0.1) is 0 Å². The fraction of sp³-hybridized carbons (Fsp3) is 0.625. The number of rotatable bonds is 2. The van der Waals surface area contributed by atoms with Gasteiger partial charge >= 0.3 is 6.68 Å². The molecule has 0 N–H and O–H groups in total. The molecule has 1 atom stereocenters. The van der Waals surface area contributed by atoms with Gasteiger partial charge in [-0.05, 0) is 6.92 Å². The Bertz CT molecular complexity index is 250. The van der Waals surface area contributed by atoms with Crippen LogP contribution in [-0.4, -0.2) is 23.3 Å². The fourth-order valence-electron chi connectivity index (χ4n) is 0.874. The minimum atomic E-state index is -3.67. The standard InChI is InChI=1S/C7H12N2O.CHF3/c1-6(10-3)7-8-4-5-9(7)2;2-1(3)4/h4-6H,1-3H3;1H. The highest BCUT2D eigenvalue weighted by Crippen LogP contribution is 2.10. The van der Waals surface area contributed by atoms with Gasteiger partial charge in [-0.15, -0.1) is 0 Å². The Hall–Kier alpha value is -1.04. The molecule has 0 bridgehead atoms. The van der Waals surface area contributed by atoms with Gasteiger partial charge in [0, 0.05) is 26.6 Å². The molecule has 0 spiro atoms. The van der Waals surface area contributed by atoms with E-state index in [1.165, 1.54) is 0 Å². The lowest BCUT2D eigenvalue weighted by molar-refractivity contribution is 0.00819. The van der Waals surface area contributed by atoms with Crippen LogP contribution in [0.4, 0.5) is 13.2 Å². The van der Waals surface area contributed by atoms with Crippen molar-refractivity contribution < 1.29 is 17.9 Å². The van der Waals surface area contributed by atoms with E-state index in [1.54, 1.807) is 13.3 Å². The lowest BCUT2D eigenvalue weighted by Gasteiger charge is -2.07. The Kier molecular flexibility index (Phi) is 5.94. The van der Waals surface area contributed by atoms with Gasteiger partial charge in [-0.2, -0.15) is 13.2 Å². The van der Waals surface area contributed by atoms with Crippen molar-refractivity contribution in [3.63, 3.8) is 0 Å². The Morgan fingerprint density at radius 1 is 1.43 bits per heavy atom. The Morgan fingerprint density at radius 2 is 1.93 bits per heavy atom. The van der Waals surface area contributed by atoms with Crippen LogP contribution in [0.2, 0.25) is 0 Å². The zero-order chi connectivity index (χ0) is 11.1. The third-order valence-electron chi connectivity index (χ3n) is 1.58. The number of aryl methyl sites for hydroxylation is 1. The molecule has 82 valence electrons. The molecule has 1 rings (SSSR count). The van der Waals surface area contributed by atoms with Gasteiger partial charge in [-0.3, -0.25) is 0 Å². The van der Waals surface area contributed by atoms with Gasteiger partial charge < -0.3 is 9.30 Å². The first-order valence-electron chi connectivity index (χ1n) is 3.91. The molecule has 0 saturated carbocycles. The Balaban J connectivity index is 0.000000364. The van der Waals surface area contributed by atoms with Gasteiger partial charge in [-0.25, -0.2) is 4.98 Å². The molecule has 0 aliphatic carbocycles. The van der Waals surface area contributed by atoms with Crippen molar-refractivity contribution in [2.75, 3.05) is 7.11 Å². The van der Waals surface area contributed by atoms with Crippen molar-refractivity contribution in [1.82, 2.24) is 9.55 Å². The largest absolute Gasteiger partial charge is 0.379 e. The molecule has 14 heavy (non-hydrogen) atoms. The first-order chi connectivity index (χ1) is 6.49. The maximum absolute atomic E-state index is 9.67. The smallest absolute Gasteiger partial charge is 0.374 e. The second-order valence-corrected chi connectivity index (χ2v) is 2.52. The number of nitrogens with zero attached hydrogens (tertiary/aromatic N) is 2. The maximum atomic E-state index is 9.67. The summed E-state index contributed by atoms with van der Waals surface area (Å²) in [5.74, 6) is 0.961. The van der Waals surface area contributed by atoms with Crippen molar-refractivity contribution in [3.8, 4) is 0 Å². The number of hydrogen-bond acceptors (Lipinski definition) is 2. The summed E-state index contributed by atoms with van der Waals surface area (Å²) >= 11 is 0. The van der Waals surface area contributed by atoms with Crippen LogP contribution in [0.15, 0.2) is 12.4 Å². The predicted molar refractivity (Wildman–Crippen MR) is 45.7 cm³/mol. The fourth-order valence-corrected chi connectivity index (χ4v) is 0.874. The lowest BCUT2D eigenvalue weighted by Crippen LogP contribution is -2.03. The summed E-state index contributed by atoms with van der Waals surface area (Å²) in [4.78, 5) is 4.12. The monoisotopic (exact) mass is 210 g/mol. The summed E-state index contributed by atoms with van der Waals surface area (Å²) in [7, 11) is 3.64. The third kappa shape index (κ3) is 4.86. The van der Waals surface area contributed by atoms with E-state index >= 15 is 0 Å². The van der Waals surface area contributed by atoms with E-state index in [9.17, 15) is 13.2 Å². The summed E-state index contributed by atoms with van der Waals surface area (Å²) in [5, 5.41) is 0. The molecule has 1 aromatic rings. The third-order valence-corrected chi connectivity index (χ3v) is 1.58. The Morgan fingerprint density at radius 3 is 2.21 bits per heavy atom. The second-order valence-electron chi connectivity index (χ2n) is 2.52. The molecule has 1 heterocycles. The number of aromatic nitrogens is 2. The van der Waals surface area contributed by atoms with E-state index < -0.39 is 6.68 Å². The zero-order valence-corrected chi connectivity index (χ0v) is 8.25. The van der Waals surface area contributed by atoms with Gasteiger partial charge in [0.1, 0.15) is 11.9 Å². The highest BCUT2D eigenvalue weighted by atomic mass is 19.4. The molecule has 0 saturated heterocycles. The molecule has 0 radical (unpaired) electrons. The SMILES string of the molecule is COC(C)c1nccn1C.FC(F)F. The number of ether oxygens (including phenoxy) is 1. The second kappa shape index (κ2) is 6.42. The zero-order valence-electron chi connectivity index (χ0n) is 8.25. The minimum absolute atomic E-state index is 0.0833. The van der Waals surface area contributed by atoms with E-state index in [-0.39, 0.29) is 6.10 Å². The molecular formula is C8H13F3N2O. The van der Waals surface area contributed by atoms with Crippen LogP contribution in [0.25, 0.3) is 0 Å². The molecule has 0 aliphatic rings. The number of imidazole rings is 1. The quantitative estimate of drug-likeness (QED) is 0.748. The first-order valence-corrected chi connectivity index (χ1v) is 3.91. The van der Waals surface area contributed by atoms with Crippen molar-refractivity contribution in [1.29, 1.82) is 0 Å². The van der Waals surface area contributed by atoms with Crippen molar-refractivity contribution in [2.45, 2.75) is 19.7 Å². The summed E-state index contributed by atoms with van der Waals surface area (Å²) in [5.41, 5.74) is 0. The number of alkyl halides is 3. The van der Waals surface area contributed by atoms with Crippen LogP contribution in [0.5, 0.6) is 0 Å². The van der Waals surface area contributed by atoms with Crippen LogP contribution in [0, 0.1) is 0 Å². The number of halogens is 3. The molecule has 1 aromatic heterocycles. The summed E-state index contributed by atoms with van der Waals surface area (Å²) in [6.45, 7) is -1.69. The lowest BCUT2D eigenvalue weighted by atomic mass is 10.4. The van der Waals surface area contributed by atoms with Gasteiger partial charge in [0.25, 0.3) is 0 Å². The summed E-state index contributed by atoms with van der Waals surface area (Å²) in [6, 6.07) is 0. The normalized spacial score (nSPS) is 12.2. The van der Waals surface area contributed by atoms with Crippen molar-refractivity contribution >= 4 is 0 Å². The van der Waals surface area contributed by atoms with E-state index in [1.807, 2.05) is 24.7 Å². The summed E-state index contributed by atoms with van der Waals surface area (Å²) < 4.78 is 36.0. The average Bonchev–Trinajstić information content (AvgIpc) is 2.49. The van der Waals surface area contributed by atoms with Crippen LogP contribution in [0.1, 0.15) is 18.9 Å². The maximum Gasteiger partial charge on any atom is 0.379 e. The minimum Gasteiger partial charge on any atom is -0.374 e. The molecule has 0 aromatic carbocycles. The van der Waals surface area contributed by atoms with Crippen LogP contribution < -0.4 is 0 Å². The average molecular weight is 210 g/mol. The molecule has 0 amide bonds. The molecule has 0 fully saturated rings. The van der Waals surface area contributed by atoms with Gasteiger partial charge in [0.2, 0.25) is 0 Å². The van der Waals surface area contributed by atoms with Gasteiger partial charge in [0.15, 0.2) is 0 Å². The first kappa shape index (κ1) is 13.0. The van der Waals surface area contributed by atoms with Gasteiger partial charge in [-0.1, -0.05) is 0 Å². The van der Waals surface area contributed by atoms with E-state index in [0.29, 0.717) is 0 Å². The van der Waals surface area contributed by atoms with Crippen molar-refractivity contribution in [3.05, 3.63) is 18.2 Å². The molecule has 0 aliphatic heterocycles. The number of methoxy groups -OCH3 is 1. The molecule has 3 nitrogen and oxygen atoms in total. The molecule has 6 heteroatoms. The Labute approximate surface area is 80.5 Å². The molecule has 1 unspecified atom stereocenters. The topological polar surface area (TPSA) is 27.1 Å². The van der Waals surface area contributed by atoms with E-state index in [4.69, 9.17) is 4.74 Å². The summed E-state index contributed by atoms with van der Waals surface area (Å²) in [6.07, 6.45) is 3.76. The van der Waals surface area contributed by atoms with E-state index in [2.05, 4.69) is 4.98 Å². The number of hydrogen-bond donors (Lipinski definition) is 0. The van der Waals surface area contributed by atoms with Crippen molar-refractivity contribution in [2.24, 2.45) is 7.05 Å².